The van der Waals surface area contributed by atoms with Gasteiger partial charge in [-0.05, 0) is 49.2 Å². The molecule has 0 saturated carbocycles. The molecule has 0 unspecified atom stereocenters. The van der Waals surface area contributed by atoms with Gasteiger partial charge in [0.2, 0.25) is 0 Å². The third-order valence-electron chi connectivity index (χ3n) is 4.43. The van der Waals surface area contributed by atoms with Crippen LogP contribution in [-0.2, 0) is 9.53 Å². The van der Waals surface area contributed by atoms with Crippen molar-refractivity contribution in [3.63, 3.8) is 0 Å². The lowest BCUT2D eigenvalue weighted by molar-refractivity contribution is -0.150. The van der Waals surface area contributed by atoms with Crippen LogP contribution in [-0.4, -0.2) is 43.1 Å². The number of rotatable bonds is 6. The lowest BCUT2D eigenvalue weighted by Gasteiger charge is -2.30. The van der Waals surface area contributed by atoms with E-state index in [-0.39, 0.29) is 31.0 Å². The van der Waals surface area contributed by atoms with E-state index in [9.17, 15) is 9.59 Å². The molecule has 1 aliphatic rings. The largest absolute Gasteiger partial charge is 0.490 e. The van der Waals surface area contributed by atoms with Gasteiger partial charge in [0.1, 0.15) is 19.0 Å². The fourth-order valence-electron chi connectivity index (χ4n) is 2.92. The lowest BCUT2D eigenvalue weighted by Crippen LogP contribution is -2.40. The molecule has 1 saturated heterocycles. The summed E-state index contributed by atoms with van der Waals surface area (Å²) >= 11 is 0. The Hall–Kier alpha value is -3.27. The molecule has 1 amide bonds. The Kier molecular flexibility index (Phi) is 6.10. The number of hydrogen-bond acceptors (Lipinski definition) is 6. The van der Waals surface area contributed by atoms with Gasteiger partial charge in [-0.1, -0.05) is 0 Å². The first-order chi connectivity index (χ1) is 13.2. The Morgan fingerprint density at radius 3 is 2.52 bits per heavy atom. The predicted molar refractivity (Wildman–Crippen MR) is 94.9 cm³/mol. The second-order valence-electron chi connectivity index (χ2n) is 6.20. The number of hydrogen-bond donors (Lipinski definition) is 0. The highest BCUT2D eigenvalue weighted by Crippen LogP contribution is 2.20. The van der Waals surface area contributed by atoms with Gasteiger partial charge < -0.3 is 18.8 Å². The van der Waals surface area contributed by atoms with Crippen LogP contribution in [0.25, 0.3) is 0 Å². The van der Waals surface area contributed by atoms with Gasteiger partial charge in [-0.3, -0.25) is 9.59 Å². The van der Waals surface area contributed by atoms with Crippen molar-refractivity contribution >= 4 is 11.9 Å². The van der Waals surface area contributed by atoms with Crippen molar-refractivity contribution in [2.75, 3.05) is 26.3 Å². The average molecular weight is 368 g/mol. The third-order valence-corrected chi connectivity index (χ3v) is 4.43. The monoisotopic (exact) mass is 368 g/mol. The molecule has 7 nitrogen and oxygen atoms in total. The van der Waals surface area contributed by atoms with Gasteiger partial charge in [-0.2, -0.15) is 5.26 Å². The second kappa shape index (κ2) is 8.90. The van der Waals surface area contributed by atoms with Crippen LogP contribution >= 0.6 is 0 Å². The van der Waals surface area contributed by atoms with E-state index in [4.69, 9.17) is 19.2 Å². The Labute approximate surface area is 157 Å². The van der Waals surface area contributed by atoms with Crippen molar-refractivity contribution in [2.45, 2.75) is 12.8 Å². The molecule has 1 fully saturated rings. The first kappa shape index (κ1) is 18.5. The maximum atomic E-state index is 12.2. The maximum Gasteiger partial charge on any atom is 0.309 e. The molecule has 1 aromatic heterocycles. The summed E-state index contributed by atoms with van der Waals surface area (Å²) in [7, 11) is 0. The number of furan rings is 1. The van der Waals surface area contributed by atoms with Gasteiger partial charge >= 0.3 is 5.97 Å². The van der Waals surface area contributed by atoms with Crippen LogP contribution in [0.4, 0.5) is 0 Å². The van der Waals surface area contributed by atoms with Gasteiger partial charge in [0, 0.05) is 13.1 Å². The van der Waals surface area contributed by atoms with E-state index in [1.54, 1.807) is 41.3 Å². The van der Waals surface area contributed by atoms with Crippen LogP contribution in [0.15, 0.2) is 47.1 Å². The molecule has 0 spiro atoms. The van der Waals surface area contributed by atoms with Gasteiger partial charge in [0.15, 0.2) is 5.76 Å². The average Bonchev–Trinajstić information content (AvgIpc) is 3.26. The molecule has 0 atom stereocenters. The van der Waals surface area contributed by atoms with Crippen molar-refractivity contribution in [3.8, 4) is 11.8 Å². The van der Waals surface area contributed by atoms with Crippen molar-refractivity contribution in [1.82, 2.24) is 4.90 Å². The van der Waals surface area contributed by atoms with Crippen LogP contribution in [0.1, 0.15) is 29.0 Å². The normalized spacial score (nSPS) is 14.4. The number of esters is 1. The summed E-state index contributed by atoms with van der Waals surface area (Å²) in [6.07, 6.45) is 2.61. The highest BCUT2D eigenvalue weighted by molar-refractivity contribution is 5.91. The zero-order valence-electron chi connectivity index (χ0n) is 14.8. The Morgan fingerprint density at radius 1 is 1.15 bits per heavy atom. The van der Waals surface area contributed by atoms with E-state index in [1.165, 1.54) is 6.26 Å². The molecular formula is C20H20N2O5. The Morgan fingerprint density at radius 2 is 1.89 bits per heavy atom. The quantitative estimate of drug-likeness (QED) is 0.575. The first-order valence-corrected chi connectivity index (χ1v) is 8.80. The minimum atomic E-state index is -0.261. The molecule has 1 aromatic carbocycles. The van der Waals surface area contributed by atoms with Gasteiger partial charge in [0.05, 0.1) is 23.8 Å². The van der Waals surface area contributed by atoms with Crippen LogP contribution in [0, 0.1) is 17.2 Å². The first-order valence-electron chi connectivity index (χ1n) is 8.80. The summed E-state index contributed by atoms with van der Waals surface area (Å²) in [5.41, 5.74) is 0.561. The summed E-state index contributed by atoms with van der Waals surface area (Å²) in [6, 6.07) is 12.1. The van der Waals surface area contributed by atoms with E-state index >= 15 is 0 Å². The number of benzene rings is 1. The fraction of sp³-hybridized carbons (Fsp3) is 0.350. The van der Waals surface area contributed by atoms with E-state index in [0.717, 1.165) is 0 Å². The zero-order chi connectivity index (χ0) is 19.1. The fourth-order valence-corrected chi connectivity index (χ4v) is 2.92. The molecule has 0 aliphatic carbocycles. The van der Waals surface area contributed by atoms with E-state index in [0.29, 0.717) is 43.0 Å². The number of piperidine rings is 1. The molecule has 0 radical (unpaired) electrons. The number of nitrogens with zero attached hydrogens (tertiary/aromatic N) is 2. The minimum absolute atomic E-state index is 0.150. The van der Waals surface area contributed by atoms with Gasteiger partial charge in [0.25, 0.3) is 5.91 Å². The molecule has 7 heteroatoms. The predicted octanol–water partition coefficient (Wildman–Crippen LogP) is 2.63. The van der Waals surface area contributed by atoms with E-state index in [2.05, 4.69) is 0 Å². The summed E-state index contributed by atoms with van der Waals surface area (Å²) in [5, 5.41) is 8.75. The molecule has 1 aliphatic heterocycles. The summed E-state index contributed by atoms with van der Waals surface area (Å²) in [4.78, 5) is 26.1. The molecule has 27 heavy (non-hydrogen) atoms. The zero-order valence-corrected chi connectivity index (χ0v) is 14.8. The van der Waals surface area contributed by atoms with E-state index in [1.807, 2.05) is 6.07 Å². The maximum absolute atomic E-state index is 12.2. The standard InChI is InChI=1S/C20H20N2O5/c21-14-15-3-5-17(6-4-15)25-12-13-27-20(24)16-7-9-22(10-8-16)19(23)18-2-1-11-26-18/h1-6,11,16H,7-10,12-13H2. The number of nitriles is 1. The van der Waals surface area contributed by atoms with Crippen LogP contribution in [0.3, 0.4) is 0 Å². The summed E-state index contributed by atoms with van der Waals surface area (Å²) in [5.74, 6) is 0.317. The van der Waals surface area contributed by atoms with Gasteiger partial charge in [-0.25, -0.2) is 0 Å². The molecular weight excluding hydrogens is 348 g/mol. The smallest absolute Gasteiger partial charge is 0.309 e. The molecule has 140 valence electrons. The van der Waals surface area contributed by atoms with E-state index < -0.39 is 0 Å². The lowest BCUT2D eigenvalue weighted by atomic mass is 9.97. The molecule has 0 N–H and O–H groups in total. The van der Waals surface area contributed by atoms with Crippen molar-refractivity contribution < 1.29 is 23.5 Å². The second-order valence-corrected chi connectivity index (χ2v) is 6.20. The molecule has 3 rings (SSSR count). The molecule has 2 aromatic rings. The number of amides is 1. The molecule has 0 bridgehead atoms. The van der Waals surface area contributed by atoms with Crippen molar-refractivity contribution in [1.29, 1.82) is 5.26 Å². The molecule has 2 heterocycles. The highest BCUT2D eigenvalue weighted by atomic mass is 16.6. The Balaban J connectivity index is 1.35. The summed E-state index contributed by atoms with van der Waals surface area (Å²) < 4.78 is 15.9. The van der Waals surface area contributed by atoms with Crippen LogP contribution < -0.4 is 4.74 Å². The van der Waals surface area contributed by atoms with Crippen molar-refractivity contribution in [2.24, 2.45) is 5.92 Å². The minimum Gasteiger partial charge on any atom is -0.490 e. The Bertz CT molecular complexity index is 800. The van der Waals surface area contributed by atoms with Crippen molar-refractivity contribution in [3.05, 3.63) is 54.0 Å². The number of carbonyl (C=O) groups excluding carboxylic acids is 2. The highest BCUT2D eigenvalue weighted by Gasteiger charge is 2.29. The topological polar surface area (TPSA) is 92.8 Å². The van der Waals surface area contributed by atoms with Crippen LogP contribution in [0.2, 0.25) is 0 Å². The SMILES string of the molecule is N#Cc1ccc(OCCOC(=O)C2CCN(C(=O)c3ccco3)CC2)cc1. The number of likely N-dealkylation sites (tertiary alicyclic amines) is 1. The summed E-state index contributed by atoms with van der Waals surface area (Å²) in [6.45, 7) is 1.40. The number of carbonyl (C=O) groups is 2. The number of ether oxygens (including phenoxy) is 2. The van der Waals surface area contributed by atoms with Gasteiger partial charge in [-0.15, -0.1) is 0 Å². The third kappa shape index (κ3) is 4.88. The van der Waals surface area contributed by atoms with Crippen LogP contribution in [0.5, 0.6) is 5.75 Å².